The molecule has 0 amide bonds. The molecule has 1 atom stereocenters. The van der Waals surface area contributed by atoms with E-state index in [4.69, 9.17) is 0 Å². The Morgan fingerprint density at radius 2 is 2.29 bits per heavy atom. The number of nitrogens with zero attached hydrogens (tertiary/aromatic N) is 5. The van der Waals surface area contributed by atoms with Gasteiger partial charge >= 0.3 is 0 Å². The van der Waals surface area contributed by atoms with E-state index in [0.717, 1.165) is 31.7 Å². The van der Waals surface area contributed by atoms with Crippen molar-refractivity contribution in [3.8, 4) is 0 Å². The van der Waals surface area contributed by atoms with Crippen LogP contribution in [0.2, 0.25) is 0 Å². The van der Waals surface area contributed by atoms with Gasteiger partial charge in [0.05, 0.1) is 17.9 Å². The molecule has 0 radical (unpaired) electrons. The highest BCUT2D eigenvalue weighted by atomic mass is 15.3. The van der Waals surface area contributed by atoms with Gasteiger partial charge in [-0.1, -0.05) is 13.3 Å². The predicted octanol–water partition coefficient (Wildman–Crippen LogP) is 2.81. The molecule has 3 rings (SSSR count). The first kappa shape index (κ1) is 14.2. The van der Waals surface area contributed by atoms with Crippen LogP contribution in [0, 0.1) is 0 Å². The summed E-state index contributed by atoms with van der Waals surface area (Å²) in [6.07, 6.45) is 12.5. The molecule has 5 nitrogen and oxygen atoms in total. The van der Waals surface area contributed by atoms with Crippen LogP contribution in [0.5, 0.6) is 0 Å². The highest BCUT2D eigenvalue weighted by Crippen LogP contribution is 2.30. The molecule has 1 fully saturated rings. The average molecular weight is 285 g/mol. The molecular formula is C16H23N5. The summed E-state index contributed by atoms with van der Waals surface area (Å²) >= 11 is 0. The lowest BCUT2D eigenvalue weighted by Gasteiger charge is -2.34. The number of aromatic nitrogens is 4. The van der Waals surface area contributed by atoms with Crippen LogP contribution in [0.4, 0.5) is 0 Å². The molecule has 2 aromatic heterocycles. The zero-order chi connectivity index (χ0) is 14.5. The van der Waals surface area contributed by atoms with Gasteiger partial charge in [-0.25, -0.2) is 9.97 Å². The van der Waals surface area contributed by atoms with Gasteiger partial charge in [-0.3, -0.25) is 9.58 Å². The van der Waals surface area contributed by atoms with Gasteiger partial charge in [0.2, 0.25) is 0 Å². The smallest absolute Gasteiger partial charge is 0.115 e. The molecule has 0 saturated carbocycles. The lowest BCUT2D eigenvalue weighted by molar-refractivity contribution is 0.137. The van der Waals surface area contributed by atoms with Gasteiger partial charge in [-0.05, 0) is 31.9 Å². The van der Waals surface area contributed by atoms with Crippen LogP contribution in [0.15, 0.2) is 31.0 Å². The topological polar surface area (TPSA) is 46.8 Å². The van der Waals surface area contributed by atoms with Crippen molar-refractivity contribution in [3.63, 3.8) is 0 Å². The number of rotatable bonds is 5. The van der Waals surface area contributed by atoms with Crippen molar-refractivity contribution in [1.29, 1.82) is 0 Å². The van der Waals surface area contributed by atoms with Crippen molar-refractivity contribution in [3.05, 3.63) is 42.2 Å². The number of hydrogen-bond acceptors (Lipinski definition) is 4. The first-order valence-corrected chi connectivity index (χ1v) is 7.88. The number of hydrogen-bond donors (Lipinski definition) is 0. The number of piperidine rings is 1. The molecule has 1 saturated heterocycles. The van der Waals surface area contributed by atoms with E-state index in [1.54, 1.807) is 6.33 Å². The van der Waals surface area contributed by atoms with Crippen molar-refractivity contribution in [1.82, 2.24) is 24.6 Å². The fourth-order valence-electron chi connectivity index (χ4n) is 3.09. The lowest BCUT2D eigenvalue weighted by Crippen LogP contribution is -2.33. The molecule has 0 N–H and O–H groups in total. The van der Waals surface area contributed by atoms with Gasteiger partial charge in [0.25, 0.3) is 0 Å². The summed E-state index contributed by atoms with van der Waals surface area (Å²) in [5.41, 5.74) is 2.44. The second-order valence-corrected chi connectivity index (χ2v) is 5.73. The van der Waals surface area contributed by atoms with Crippen molar-refractivity contribution >= 4 is 0 Å². The second kappa shape index (κ2) is 6.80. The van der Waals surface area contributed by atoms with Crippen molar-refractivity contribution < 1.29 is 0 Å². The van der Waals surface area contributed by atoms with Gasteiger partial charge in [-0.2, -0.15) is 5.10 Å². The third-order valence-electron chi connectivity index (χ3n) is 4.08. The summed E-state index contributed by atoms with van der Waals surface area (Å²) in [4.78, 5) is 11.0. The van der Waals surface area contributed by atoms with Crippen molar-refractivity contribution in [2.75, 3.05) is 6.54 Å². The quantitative estimate of drug-likeness (QED) is 0.847. The Labute approximate surface area is 126 Å². The molecule has 0 bridgehead atoms. The van der Waals surface area contributed by atoms with Gasteiger partial charge < -0.3 is 0 Å². The van der Waals surface area contributed by atoms with Gasteiger partial charge in [0.15, 0.2) is 0 Å². The third-order valence-corrected chi connectivity index (χ3v) is 4.08. The van der Waals surface area contributed by atoms with E-state index in [1.807, 2.05) is 23.1 Å². The van der Waals surface area contributed by atoms with Crippen LogP contribution in [-0.2, 0) is 13.1 Å². The highest BCUT2D eigenvalue weighted by Gasteiger charge is 2.25. The van der Waals surface area contributed by atoms with E-state index in [2.05, 4.69) is 33.1 Å². The van der Waals surface area contributed by atoms with Gasteiger partial charge in [0, 0.05) is 31.0 Å². The molecule has 5 heteroatoms. The largest absolute Gasteiger partial charge is 0.290 e. The molecule has 1 aliphatic rings. The third kappa shape index (κ3) is 3.47. The Morgan fingerprint density at radius 3 is 3.10 bits per heavy atom. The zero-order valence-electron chi connectivity index (χ0n) is 12.6. The first-order valence-electron chi connectivity index (χ1n) is 7.88. The summed E-state index contributed by atoms with van der Waals surface area (Å²) < 4.78 is 2.04. The fourth-order valence-corrected chi connectivity index (χ4v) is 3.09. The summed E-state index contributed by atoms with van der Waals surface area (Å²) in [5, 5.41) is 4.43. The summed E-state index contributed by atoms with van der Waals surface area (Å²) in [6.45, 7) is 5.26. The number of likely N-dealkylation sites (tertiary alicyclic amines) is 1. The van der Waals surface area contributed by atoms with Crippen LogP contribution >= 0.6 is 0 Å². The second-order valence-electron chi connectivity index (χ2n) is 5.73. The Hall–Kier alpha value is -1.75. The van der Waals surface area contributed by atoms with E-state index in [1.165, 1.54) is 24.8 Å². The van der Waals surface area contributed by atoms with E-state index < -0.39 is 0 Å². The molecule has 112 valence electrons. The molecule has 0 spiro atoms. The van der Waals surface area contributed by atoms with E-state index in [0.29, 0.717) is 6.04 Å². The normalized spacial score (nSPS) is 19.8. The summed E-state index contributed by atoms with van der Waals surface area (Å²) in [7, 11) is 0. The first-order chi connectivity index (χ1) is 10.4. The molecule has 3 heterocycles. The molecule has 0 aliphatic carbocycles. The molecule has 2 aromatic rings. The maximum Gasteiger partial charge on any atom is 0.115 e. The van der Waals surface area contributed by atoms with E-state index >= 15 is 0 Å². The molecule has 21 heavy (non-hydrogen) atoms. The number of aryl methyl sites for hydroxylation is 1. The molecule has 1 unspecified atom stereocenters. The molecular weight excluding hydrogens is 262 g/mol. The zero-order valence-corrected chi connectivity index (χ0v) is 12.6. The van der Waals surface area contributed by atoms with E-state index in [9.17, 15) is 0 Å². The van der Waals surface area contributed by atoms with Gasteiger partial charge in [-0.15, -0.1) is 0 Å². The Balaban J connectivity index is 1.72. The predicted molar refractivity (Wildman–Crippen MR) is 81.6 cm³/mol. The SMILES string of the molecule is CCCn1cc(CN2CCCCC2c2ccncn2)cn1. The standard InChI is InChI=1S/C16H23N5/c1-2-8-21-12-14(10-19-21)11-20-9-4-3-5-16(20)15-6-7-17-13-18-15/h6-7,10,12-13,16H,2-5,8-9,11H2,1H3. The van der Waals surface area contributed by atoms with Crippen LogP contribution in [0.3, 0.4) is 0 Å². The minimum absolute atomic E-state index is 0.413. The fraction of sp³-hybridized carbons (Fsp3) is 0.562. The summed E-state index contributed by atoms with van der Waals surface area (Å²) in [5.74, 6) is 0. The molecule has 1 aliphatic heterocycles. The monoisotopic (exact) mass is 285 g/mol. The van der Waals surface area contributed by atoms with Crippen LogP contribution in [0.25, 0.3) is 0 Å². The Morgan fingerprint density at radius 1 is 1.33 bits per heavy atom. The van der Waals surface area contributed by atoms with Crippen LogP contribution in [0.1, 0.15) is 49.9 Å². The maximum atomic E-state index is 4.46. The van der Waals surface area contributed by atoms with E-state index in [-0.39, 0.29) is 0 Å². The highest BCUT2D eigenvalue weighted by molar-refractivity contribution is 5.09. The minimum Gasteiger partial charge on any atom is -0.290 e. The Bertz CT molecular complexity index is 551. The van der Waals surface area contributed by atoms with Crippen molar-refractivity contribution in [2.45, 2.75) is 51.7 Å². The minimum atomic E-state index is 0.413. The average Bonchev–Trinajstić information content (AvgIpc) is 2.96. The summed E-state index contributed by atoms with van der Waals surface area (Å²) in [6, 6.07) is 2.46. The van der Waals surface area contributed by atoms with Crippen LogP contribution in [-0.4, -0.2) is 31.2 Å². The Kier molecular flexibility index (Phi) is 4.60. The maximum absolute atomic E-state index is 4.46. The lowest BCUT2D eigenvalue weighted by atomic mass is 9.98. The van der Waals surface area contributed by atoms with Crippen LogP contribution < -0.4 is 0 Å². The van der Waals surface area contributed by atoms with Gasteiger partial charge in [0.1, 0.15) is 6.33 Å². The van der Waals surface area contributed by atoms with Crippen molar-refractivity contribution in [2.24, 2.45) is 0 Å². The molecule has 0 aromatic carbocycles.